The van der Waals surface area contributed by atoms with Crippen LogP contribution in [-0.4, -0.2) is 30.3 Å². The number of Topliss-reactive ketones (excluding diaryl/α,β-unsaturated/α-hetero) is 1. The number of rotatable bonds is 7. The van der Waals surface area contributed by atoms with Gasteiger partial charge >= 0.3 is 6.03 Å². The van der Waals surface area contributed by atoms with Crippen molar-refractivity contribution >= 4 is 39.3 Å². The molecule has 1 rings (SSSR count). The van der Waals surface area contributed by atoms with E-state index in [1.807, 2.05) is 13.8 Å². The van der Waals surface area contributed by atoms with Crippen LogP contribution in [0.2, 0.25) is 0 Å². The standard InChI is InChI=1S/C16H21BrFN3O3/c1-9(2)6-14(15(23)19-8-10(3)22)21-16(24)20-13-5-4-11(17)7-12(13)18/h4-5,7,9,14H,6,8H2,1-3H3,(H,19,23)(H2,20,21,24). The highest BCUT2D eigenvalue weighted by Gasteiger charge is 2.22. The van der Waals surface area contributed by atoms with Crippen LogP contribution >= 0.6 is 15.9 Å². The largest absolute Gasteiger partial charge is 0.347 e. The second-order valence-electron chi connectivity index (χ2n) is 5.82. The Morgan fingerprint density at radius 2 is 1.92 bits per heavy atom. The summed E-state index contributed by atoms with van der Waals surface area (Å²) in [7, 11) is 0. The zero-order valence-corrected chi connectivity index (χ0v) is 15.4. The molecule has 8 heteroatoms. The summed E-state index contributed by atoms with van der Waals surface area (Å²) in [6.45, 7) is 5.06. The number of anilines is 1. The Balaban J connectivity index is 2.72. The van der Waals surface area contributed by atoms with Gasteiger partial charge in [-0.2, -0.15) is 0 Å². The van der Waals surface area contributed by atoms with Crippen molar-refractivity contribution in [2.75, 3.05) is 11.9 Å². The summed E-state index contributed by atoms with van der Waals surface area (Å²) >= 11 is 3.13. The first kappa shape index (κ1) is 20.1. The van der Waals surface area contributed by atoms with Crippen LogP contribution in [0.25, 0.3) is 0 Å². The molecule has 3 amide bonds. The SMILES string of the molecule is CC(=O)CNC(=O)C(CC(C)C)NC(=O)Nc1ccc(Br)cc1F. The van der Waals surface area contributed by atoms with Crippen LogP contribution in [-0.2, 0) is 9.59 Å². The van der Waals surface area contributed by atoms with E-state index in [2.05, 4.69) is 31.9 Å². The van der Waals surface area contributed by atoms with E-state index in [9.17, 15) is 18.8 Å². The Hall–Kier alpha value is -1.96. The summed E-state index contributed by atoms with van der Waals surface area (Å²) in [6, 6.07) is 2.71. The fourth-order valence-corrected chi connectivity index (χ4v) is 2.28. The van der Waals surface area contributed by atoms with Gasteiger partial charge in [0.15, 0.2) is 0 Å². The Morgan fingerprint density at radius 1 is 1.25 bits per heavy atom. The third kappa shape index (κ3) is 7.08. The topological polar surface area (TPSA) is 87.3 Å². The van der Waals surface area contributed by atoms with E-state index in [0.29, 0.717) is 10.9 Å². The Labute approximate surface area is 148 Å². The van der Waals surface area contributed by atoms with Gasteiger partial charge in [0.1, 0.15) is 17.6 Å². The van der Waals surface area contributed by atoms with Crippen molar-refractivity contribution in [3.8, 4) is 0 Å². The van der Waals surface area contributed by atoms with Gasteiger partial charge in [0.25, 0.3) is 0 Å². The summed E-state index contributed by atoms with van der Waals surface area (Å²) in [4.78, 5) is 35.1. The van der Waals surface area contributed by atoms with Gasteiger partial charge in [-0.05, 0) is 37.5 Å². The number of carbonyl (C=O) groups is 3. The number of nitrogens with one attached hydrogen (secondary N) is 3. The van der Waals surface area contributed by atoms with Gasteiger partial charge in [-0.1, -0.05) is 29.8 Å². The molecule has 6 nitrogen and oxygen atoms in total. The molecule has 0 fully saturated rings. The summed E-state index contributed by atoms with van der Waals surface area (Å²) in [5, 5.41) is 7.34. The quantitative estimate of drug-likeness (QED) is 0.656. The van der Waals surface area contributed by atoms with Crippen molar-refractivity contribution in [3.05, 3.63) is 28.5 Å². The fraction of sp³-hybridized carbons (Fsp3) is 0.438. The molecule has 24 heavy (non-hydrogen) atoms. The Bertz CT molecular complexity index is 623. The van der Waals surface area contributed by atoms with Crippen molar-refractivity contribution in [1.82, 2.24) is 10.6 Å². The minimum Gasteiger partial charge on any atom is -0.347 e. The van der Waals surface area contributed by atoms with Crippen molar-refractivity contribution in [1.29, 1.82) is 0 Å². The molecule has 1 unspecified atom stereocenters. The van der Waals surface area contributed by atoms with Crippen LogP contribution in [0, 0.1) is 11.7 Å². The highest BCUT2D eigenvalue weighted by atomic mass is 79.9. The number of hydrogen-bond acceptors (Lipinski definition) is 3. The molecule has 0 aliphatic carbocycles. The highest BCUT2D eigenvalue weighted by molar-refractivity contribution is 9.10. The maximum absolute atomic E-state index is 13.7. The molecule has 132 valence electrons. The van der Waals surface area contributed by atoms with Gasteiger partial charge < -0.3 is 16.0 Å². The lowest BCUT2D eigenvalue weighted by Crippen LogP contribution is -2.49. The van der Waals surface area contributed by atoms with Crippen LogP contribution in [0.5, 0.6) is 0 Å². The molecule has 1 aromatic rings. The number of urea groups is 1. The molecule has 0 heterocycles. The lowest BCUT2D eigenvalue weighted by molar-refractivity contribution is -0.126. The predicted octanol–water partition coefficient (Wildman–Crippen LogP) is 2.83. The molecule has 1 aromatic carbocycles. The molecule has 1 atom stereocenters. The lowest BCUT2D eigenvalue weighted by atomic mass is 10.0. The van der Waals surface area contributed by atoms with Crippen LogP contribution in [0.15, 0.2) is 22.7 Å². The minimum absolute atomic E-state index is 0.00291. The molecule has 3 N–H and O–H groups in total. The van der Waals surface area contributed by atoms with Crippen molar-refractivity contribution in [2.24, 2.45) is 5.92 Å². The first-order valence-electron chi connectivity index (χ1n) is 7.48. The third-order valence-corrected chi connectivity index (χ3v) is 3.51. The number of amides is 3. The van der Waals surface area contributed by atoms with Gasteiger partial charge in [-0.15, -0.1) is 0 Å². The summed E-state index contributed by atoms with van der Waals surface area (Å²) in [5.74, 6) is -1.10. The first-order chi connectivity index (χ1) is 11.2. The predicted molar refractivity (Wildman–Crippen MR) is 93.2 cm³/mol. The molecule has 0 spiro atoms. The Morgan fingerprint density at radius 3 is 2.46 bits per heavy atom. The third-order valence-electron chi connectivity index (χ3n) is 3.02. The lowest BCUT2D eigenvalue weighted by Gasteiger charge is -2.20. The van der Waals surface area contributed by atoms with Gasteiger partial charge in [0, 0.05) is 4.47 Å². The van der Waals surface area contributed by atoms with Crippen LogP contribution in [0.3, 0.4) is 0 Å². The first-order valence-corrected chi connectivity index (χ1v) is 8.28. The van der Waals surface area contributed by atoms with Gasteiger partial charge in [-0.25, -0.2) is 9.18 Å². The van der Waals surface area contributed by atoms with E-state index >= 15 is 0 Å². The van der Waals surface area contributed by atoms with Crippen LogP contribution in [0.1, 0.15) is 27.2 Å². The van der Waals surface area contributed by atoms with E-state index < -0.39 is 23.8 Å². The second kappa shape index (κ2) is 9.36. The molecule has 0 radical (unpaired) electrons. The minimum atomic E-state index is -0.817. The van der Waals surface area contributed by atoms with Gasteiger partial charge in [0.2, 0.25) is 5.91 Å². The average Bonchev–Trinajstić information content (AvgIpc) is 2.46. The monoisotopic (exact) mass is 401 g/mol. The van der Waals surface area contributed by atoms with Crippen LogP contribution < -0.4 is 16.0 Å². The van der Waals surface area contributed by atoms with Crippen molar-refractivity contribution < 1.29 is 18.8 Å². The number of carbonyl (C=O) groups excluding carboxylic acids is 3. The molecule has 0 bridgehead atoms. The van der Waals surface area contributed by atoms with Crippen molar-refractivity contribution in [2.45, 2.75) is 33.2 Å². The molecule has 0 aliphatic rings. The molecule has 0 aromatic heterocycles. The number of ketones is 1. The molecule has 0 aliphatic heterocycles. The molecular weight excluding hydrogens is 381 g/mol. The highest BCUT2D eigenvalue weighted by Crippen LogP contribution is 2.19. The van der Waals surface area contributed by atoms with E-state index in [0.717, 1.165) is 0 Å². The van der Waals surface area contributed by atoms with E-state index in [-0.39, 0.29) is 23.9 Å². The average molecular weight is 402 g/mol. The number of hydrogen-bond donors (Lipinski definition) is 3. The molecule has 0 saturated carbocycles. The smallest absolute Gasteiger partial charge is 0.319 e. The van der Waals surface area contributed by atoms with E-state index in [1.165, 1.54) is 19.1 Å². The van der Waals surface area contributed by atoms with Gasteiger partial charge in [0.05, 0.1) is 12.2 Å². The maximum atomic E-state index is 13.7. The van der Waals surface area contributed by atoms with E-state index in [4.69, 9.17) is 0 Å². The summed E-state index contributed by atoms with van der Waals surface area (Å²) < 4.78 is 14.3. The summed E-state index contributed by atoms with van der Waals surface area (Å²) in [5.41, 5.74) is 0.00291. The fourth-order valence-electron chi connectivity index (χ4n) is 1.95. The normalized spacial score (nSPS) is 11.8. The van der Waals surface area contributed by atoms with E-state index in [1.54, 1.807) is 6.07 Å². The zero-order chi connectivity index (χ0) is 18.3. The van der Waals surface area contributed by atoms with Crippen molar-refractivity contribution in [3.63, 3.8) is 0 Å². The summed E-state index contributed by atoms with van der Waals surface area (Å²) in [6.07, 6.45) is 0.389. The van der Waals surface area contributed by atoms with Crippen LogP contribution in [0.4, 0.5) is 14.9 Å². The molecule has 0 saturated heterocycles. The Kier molecular flexibility index (Phi) is 7.84. The van der Waals surface area contributed by atoms with Gasteiger partial charge in [-0.3, -0.25) is 9.59 Å². The number of benzene rings is 1. The maximum Gasteiger partial charge on any atom is 0.319 e. The number of halogens is 2. The zero-order valence-electron chi connectivity index (χ0n) is 13.8. The molecular formula is C16H21BrFN3O3. The second-order valence-corrected chi connectivity index (χ2v) is 6.74.